The number of nitrogens with zero attached hydrogens (tertiary/aromatic N) is 4. The van der Waals surface area contributed by atoms with Crippen LogP contribution in [0.5, 0.6) is 0 Å². The van der Waals surface area contributed by atoms with Gasteiger partial charge in [0.15, 0.2) is 5.82 Å². The van der Waals surface area contributed by atoms with Gasteiger partial charge < -0.3 is 9.05 Å². The molecule has 23 heavy (non-hydrogen) atoms. The van der Waals surface area contributed by atoms with Gasteiger partial charge >= 0.3 is 0 Å². The molecule has 6 nitrogen and oxygen atoms in total. The summed E-state index contributed by atoms with van der Waals surface area (Å²) in [6.07, 6.45) is 0. The van der Waals surface area contributed by atoms with Gasteiger partial charge in [-0.2, -0.15) is 4.98 Å². The largest absolute Gasteiger partial charge is 0.361 e. The first-order valence-corrected chi connectivity index (χ1v) is 7.53. The van der Waals surface area contributed by atoms with Crippen LogP contribution in [0.3, 0.4) is 0 Å². The average molecular weight is 312 g/mol. The minimum atomic E-state index is -0.119. The van der Waals surface area contributed by atoms with E-state index in [0.717, 1.165) is 22.6 Å². The molecule has 3 aromatic rings. The van der Waals surface area contributed by atoms with Crippen molar-refractivity contribution in [1.29, 1.82) is 0 Å². The van der Waals surface area contributed by atoms with Crippen LogP contribution in [0.15, 0.2) is 39.4 Å². The highest BCUT2D eigenvalue weighted by atomic mass is 16.5. The maximum absolute atomic E-state index is 5.44. The summed E-state index contributed by atoms with van der Waals surface area (Å²) in [4.78, 5) is 6.59. The highest BCUT2D eigenvalue weighted by molar-refractivity contribution is 5.26. The first-order chi connectivity index (χ1) is 11.1. The van der Waals surface area contributed by atoms with Crippen LogP contribution < -0.4 is 0 Å². The number of aromatic nitrogens is 3. The number of rotatable bonds is 5. The van der Waals surface area contributed by atoms with Crippen LogP contribution in [0.1, 0.15) is 40.3 Å². The van der Waals surface area contributed by atoms with E-state index >= 15 is 0 Å². The standard InChI is InChI=1S/C17H20N4O2/c1-11-15(12(2)22-19-11)10-21(4)16(14-8-6-5-7-9-14)17-18-13(3)20-23-17/h5-9,16H,10H2,1-4H3/t16-/m1/s1. The van der Waals surface area contributed by atoms with Crippen molar-refractivity contribution >= 4 is 0 Å². The zero-order chi connectivity index (χ0) is 16.4. The lowest BCUT2D eigenvalue weighted by molar-refractivity contribution is 0.217. The van der Waals surface area contributed by atoms with Crippen molar-refractivity contribution < 1.29 is 9.05 Å². The van der Waals surface area contributed by atoms with E-state index in [-0.39, 0.29) is 6.04 Å². The molecule has 1 atom stereocenters. The molecular weight excluding hydrogens is 292 g/mol. The van der Waals surface area contributed by atoms with Gasteiger partial charge in [-0.25, -0.2) is 0 Å². The highest BCUT2D eigenvalue weighted by Gasteiger charge is 2.26. The summed E-state index contributed by atoms with van der Waals surface area (Å²) in [5, 5.41) is 7.96. The molecular formula is C17H20N4O2. The molecule has 3 rings (SSSR count). The Kier molecular flexibility index (Phi) is 4.25. The molecule has 0 saturated carbocycles. The van der Waals surface area contributed by atoms with E-state index in [1.807, 2.05) is 46.0 Å². The molecule has 0 bridgehead atoms. The Morgan fingerprint density at radius 3 is 2.35 bits per heavy atom. The molecule has 0 amide bonds. The second-order valence-electron chi connectivity index (χ2n) is 5.71. The average Bonchev–Trinajstić information content (AvgIpc) is 3.09. The fraction of sp³-hybridized carbons (Fsp3) is 0.353. The summed E-state index contributed by atoms with van der Waals surface area (Å²) in [6, 6.07) is 10.0. The van der Waals surface area contributed by atoms with Crippen LogP contribution in [0.25, 0.3) is 0 Å². The van der Waals surface area contributed by atoms with E-state index in [2.05, 4.69) is 32.3 Å². The summed E-state index contributed by atoms with van der Waals surface area (Å²) >= 11 is 0. The predicted molar refractivity (Wildman–Crippen MR) is 84.8 cm³/mol. The minimum Gasteiger partial charge on any atom is -0.361 e. The number of hydrogen-bond acceptors (Lipinski definition) is 6. The summed E-state index contributed by atoms with van der Waals surface area (Å²) in [7, 11) is 2.03. The quantitative estimate of drug-likeness (QED) is 0.720. The molecule has 2 aromatic heterocycles. The maximum Gasteiger partial charge on any atom is 0.248 e. The van der Waals surface area contributed by atoms with Crippen molar-refractivity contribution in [2.45, 2.75) is 33.4 Å². The SMILES string of the molecule is Cc1noc([C@@H](c2ccccc2)N(C)Cc2c(C)noc2C)n1. The van der Waals surface area contributed by atoms with Crippen LogP contribution in [0.4, 0.5) is 0 Å². The van der Waals surface area contributed by atoms with Crippen molar-refractivity contribution in [3.05, 3.63) is 64.6 Å². The molecule has 0 saturated heterocycles. The molecule has 0 aliphatic carbocycles. The van der Waals surface area contributed by atoms with Crippen LogP contribution in [0.2, 0.25) is 0 Å². The Bertz CT molecular complexity index is 760. The molecule has 0 N–H and O–H groups in total. The van der Waals surface area contributed by atoms with E-state index in [4.69, 9.17) is 9.05 Å². The normalized spacial score (nSPS) is 12.7. The third kappa shape index (κ3) is 3.17. The van der Waals surface area contributed by atoms with Gasteiger partial charge in [0.2, 0.25) is 5.89 Å². The lowest BCUT2D eigenvalue weighted by atomic mass is 10.0. The van der Waals surface area contributed by atoms with Crippen LogP contribution in [0, 0.1) is 20.8 Å². The fourth-order valence-corrected chi connectivity index (χ4v) is 2.71. The van der Waals surface area contributed by atoms with Crippen molar-refractivity contribution in [3.63, 3.8) is 0 Å². The first kappa shape index (κ1) is 15.4. The van der Waals surface area contributed by atoms with Gasteiger partial charge in [0.05, 0.1) is 5.69 Å². The fourth-order valence-electron chi connectivity index (χ4n) is 2.71. The summed E-state index contributed by atoms with van der Waals surface area (Å²) in [5.41, 5.74) is 3.10. The van der Waals surface area contributed by atoms with Crippen molar-refractivity contribution in [2.24, 2.45) is 0 Å². The highest BCUT2D eigenvalue weighted by Crippen LogP contribution is 2.28. The van der Waals surface area contributed by atoms with E-state index < -0.39 is 0 Å². The van der Waals surface area contributed by atoms with Gasteiger partial charge in [-0.05, 0) is 33.4 Å². The van der Waals surface area contributed by atoms with Gasteiger partial charge in [-0.1, -0.05) is 40.6 Å². The topological polar surface area (TPSA) is 68.2 Å². The zero-order valence-electron chi connectivity index (χ0n) is 13.8. The lowest BCUT2D eigenvalue weighted by Gasteiger charge is -2.25. The lowest BCUT2D eigenvalue weighted by Crippen LogP contribution is -2.26. The molecule has 0 radical (unpaired) electrons. The summed E-state index contributed by atoms with van der Waals surface area (Å²) < 4.78 is 10.7. The van der Waals surface area contributed by atoms with Crippen LogP contribution in [-0.2, 0) is 6.54 Å². The molecule has 120 valence electrons. The molecule has 0 unspecified atom stereocenters. The second-order valence-corrected chi connectivity index (χ2v) is 5.71. The Labute approximate surface area is 135 Å². The number of hydrogen-bond donors (Lipinski definition) is 0. The molecule has 2 heterocycles. The predicted octanol–water partition coefficient (Wildman–Crippen LogP) is 3.20. The Balaban J connectivity index is 1.95. The molecule has 1 aromatic carbocycles. The van der Waals surface area contributed by atoms with Crippen molar-refractivity contribution in [1.82, 2.24) is 20.2 Å². The van der Waals surface area contributed by atoms with Crippen LogP contribution in [-0.4, -0.2) is 27.2 Å². The smallest absolute Gasteiger partial charge is 0.248 e. The molecule has 6 heteroatoms. The van der Waals surface area contributed by atoms with E-state index in [9.17, 15) is 0 Å². The maximum atomic E-state index is 5.44. The third-order valence-corrected chi connectivity index (χ3v) is 3.92. The molecule has 0 aliphatic heterocycles. The van der Waals surface area contributed by atoms with Gasteiger partial charge in [-0.3, -0.25) is 4.90 Å². The van der Waals surface area contributed by atoms with Crippen LogP contribution >= 0.6 is 0 Å². The summed E-state index contributed by atoms with van der Waals surface area (Å²) in [5.74, 6) is 2.05. The van der Waals surface area contributed by atoms with Crippen molar-refractivity contribution in [2.75, 3.05) is 7.05 Å². The third-order valence-electron chi connectivity index (χ3n) is 3.92. The Morgan fingerprint density at radius 2 is 1.78 bits per heavy atom. The van der Waals surface area contributed by atoms with Crippen molar-refractivity contribution in [3.8, 4) is 0 Å². The van der Waals surface area contributed by atoms with Gasteiger partial charge in [0, 0.05) is 12.1 Å². The Morgan fingerprint density at radius 1 is 1.04 bits per heavy atom. The Hall–Kier alpha value is -2.47. The monoisotopic (exact) mass is 312 g/mol. The zero-order valence-corrected chi connectivity index (χ0v) is 13.8. The molecule has 0 fully saturated rings. The van der Waals surface area contributed by atoms with E-state index in [0.29, 0.717) is 18.3 Å². The minimum absolute atomic E-state index is 0.119. The van der Waals surface area contributed by atoms with E-state index in [1.54, 1.807) is 0 Å². The van der Waals surface area contributed by atoms with Gasteiger partial charge in [0.1, 0.15) is 11.8 Å². The molecule has 0 spiro atoms. The number of benzene rings is 1. The van der Waals surface area contributed by atoms with Gasteiger partial charge in [0.25, 0.3) is 0 Å². The second kappa shape index (κ2) is 6.34. The van der Waals surface area contributed by atoms with E-state index in [1.165, 1.54) is 0 Å². The summed E-state index contributed by atoms with van der Waals surface area (Å²) in [6.45, 7) is 6.39. The molecule has 0 aliphatic rings. The first-order valence-electron chi connectivity index (χ1n) is 7.53. The number of aryl methyl sites for hydroxylation is 3. The van der Waals surface area contributed by atoms with Gasteiger partial charge in [-0.15, -0.1) is 0 Å².